The molecule has 1 heterocycles. The second-order valence-corrected chi connectivity index (χ2v) is 6.73. The van der Waals surface area contributed by atoms with Crippen LogP contribution in [0.4, 0.5) is 4.39 Å². The van der Waals surface area contributed by atoms with Crippen molar-refractivity contribution in [1.82, 2.24) is 4.90 Å². The number of carboxylic acids is 1. The van der Waals surface area contributed by atoms with Gasteiger partial charge in [-0.3, -0.25) is 4.79 Å². The quantitative estimate of drug-likeness (QED) is 0.834. The molecule has 1 aliphatic heterocycles. The van der Waals surface area contributed by atoms with Crippen LogP contribution >= 0.6 is 0 Å². The zero-order valence-corrected chi connectivity index (χ0v) is 14.8. The van der Waals surface area contributed by atoms with Gasteiger partial charge in [-0.1, -0.05) is 54.6 Å². The van der Waals surface area contributed by atoms with Crippen molar-refractivity contribution in [1.29, 1.82) is 0 Å². The van der Waals surface area contributed by atoms with Crippen molar-refractivity contribution < 1.29 is 14.3 Å². The highest BCUT2D eigenvalue weighted by atomic mass is 19.1. The van der Waals surface area contributed by atoms with Crippen LogP contribution in [0.3, 0.4) is 0 Å². The van der Waals surface area contributed by atoms with E-state index in [0.717, 1.165) is 43.5 Å². The van der Waals surface area contributed by atoms with E-state index in [4.69, 9.17) is 0 Å². The summed E-state index contributed by atoms with van der Waals surface area (Å²) in [5.74, 6) is -1.21. The molecule has 0 amide bonds. The Morgan fingerprint density at radius 2 is 1.88 bits per heavy atom. The maximum absolute atomic E-state index is 14.3. The van der Waals surface area contributed by atoms with Gasteiger partial charge in [-0.25, -0.2) is 4.39 Å². The number of aliphatic carboxylic acids is 1. The van der Waals surface area contributed by atoms with Crippen molar-refractivity contribution in [2.75, 3.05) is 19.6 Å². The van der Waals surface area contributed by atoms with E-state index in [2.05, 4.69) is 11.0 Å². The maximum atomic E-state index is 14.3. The summed E-state index contributed by atoms with van der Waals surface area (Å²) >= 11 is 0. The van der Waals surface area contributed by atoms with Crippen molar-refractivity contribution in [3.05, 3.63) is 77.6 Å². The van der Waals surface area contributed by atoms with Gasteiger partial charge in [-0.15, -0.1) is 0 Å². The highest BCUT2D eigenvalue weighted by Crippen LogP contribution is 2.26. The van der Waals surface area contributed by atoms with Crippen molar-refractivity contribution in [2.24, 2.45) is 5.92 Å². The minimum atomic E-state index is -0.707. The predicted molar refractivity (Wildman–Crippen MR) is 101 cm³/mol. The summed E-state index contributed by atoms with van der Waals surface area (Å²) in [6.07, 6.45) is 4.49. The summed E-state index contributed by atoms with van der Waals surface area (Å²) in [5, 5.41) is 9.22. The molecule has 2 aromatic rings. The van der Waals surface area contributed by atoms with Crippen LogP contribution in [0.25, 0.3) is 5.57 Å². The van der Waals surface area contributed by atoms with Crippen LogP contribution < -0.4 is 0 Å². The topological polar surface area (TPSA) is 40.5 Å². The maximum Gasteiger partial charge on any atom is 0.307 e. The SMILES string of the molecule is O=C(O)[C@@H]1CCCN(CC/C=C(/c2ccccc2)c2ccccc2F)C1. The van der Waals surface area contributed by atoms with Gasteiger partial charge in [0.25, 0.3) is 0 Å². The Balaban J connectivity index is 1.75. The van der Waals surface area contributed by atoms with Crippen LogP contribution in [-0.2, 0) is 4.79 Å². The van der Waals surface area contributed by atoms with Gasteiger partial charge in [0.15, 0.2) is 0 Å². The molecule has 3 rings (SSSR count). The van der Waals surface area contributed by atoms with Crippen LogP contribution in [0.15, 0.2) is 60.7 Å². The van der Waals surface area contributed by atoms with Crippen LogP contribution in [0, 0.1) is 11.7 Å². The van der Waals surface area contributed by atoms with Gasteiger partial charge < -0.3 is 10.0 Å². The molecule has 0 aromatic heterocycles. The van der Waals surface area contributed by atoms with Crippen molar-refractivity contribution in [3.63, 3.8) is 0 Å². The number of likely N-dealkylation sites (tertiary alicyclic amines) is 1. The molecule has 1 aliphatic rings. The number of hydrogen-bond donors (Lipinski definition) is 1. The monoisotopic (exact) mass is 353 g/mol. The summed E-state index contributed by atoms with van der Waals surface area (Å²) in [4.78, 5) is 13.4. The Morgan fingerprint density at radius 1 is 1.15 bits per heavy atom. The highest BCUT2D eigenvalue weighted by Gasteiger charge is 2.24. The third-order valence-corrected chi connectivity index (χ3v) is 4.90. The Kier molecular flexibility index (Phi) is 6.18. The van der Waals surface area contributed by atoms with E-state index in [9.17, 15) is 14.3 Å². The smallest absolute Gasteiger partial charge is 0.307 e. The molecule has 26 heavy (non-hydrogen) atoms. The van der Waals surface area contributed by atoms with Crippen molar-refractivity contribution in [3.8, 4) is 0 Å². The number of nitrogens with zero attached hydrogens (tertiary/aromatic N) is 1. The van der Waals surface area contributed by atoms with Crippen LogP contribution in [0.2, 0.25) is 0 Å². The van der Waals surface area contributed by atoms with E-state index < -0.39 is 5.97 Å². The number of carboxylic acid groups (broad SMARTS) is 1. The van der Waals surface area contributed by atoms with Crippen LogP contribution in [0.1, 0.15) is 30.4 Å². The van der Waals surface area contributed by atoms with Gasteiger partial charge in [0.05, 0.1) is 5.92 Å². The van der Waals surface area contributed by atoms with Gasteiger partial charge in [0.2, 0.25) is 0 Å². The first-order valence-electron chi connectivity index (χ1n) is 9.11. The number of hydrogen-bond acceptors (Lipinski definition) is 2. The Morgan fingerprint density at radius 3 is 2.62 bits per heavy atom. The average molecular weight is 353 g/mol. The van der Waals surface area contributed by atoms with Crippen LogP contribution in [-0.4, -0.2) is 35.6 Å². The minimum absolute atomic E-state index is 0.230. The molecule has 0 radical (unpaired) electrons. The average Bonchev–Trinajstić information content (AvgIpc) is 2.67. The second kappa shape index (κ2) is 8.77. The van der Waals surface area contributed by atoms with Gasteiger partial charge in [-0.2, -0.15) is 0 Å². The summed E-state index contributed by atoms with van der Waals surface area (Å²) < 4.78 is 14.3. The molecule has 0 aliphatic carbocycles. The van der Waals surface area contributed by atoms with E-state index in [1.807, 2.05) is 36.4 Å². The molecule has 0 spiro atoms. The van der Waals surface area contributed by atoms with E-state index in [0.29, 0.717) is 12.1 Å². The number of carbonyl (C=O) groups is 1. The standard InChI is InChI=1S/C22H24FNO2/c23-21-13-5-4-11-20(21)19(17-8-2-1-3-9-17)12-7-15-24-14-6-10-18(16-24)22(25)26/h1-5,8-9,11-13,18H,6-7,10,14-16H2,(H,25,26)/b19-12-/t18-/m1/s1. The number of rotatable bonds is 6. The number of benzene rings is 2. The van der Waals surface area contributed by atoms with E-state index in [1.54, 1.807) is 12.1 Å². The third-order valence-electron chi connectivity index (χ3n) is 4.90. The zero-order valence-electron chi connectivity index (χ0n) is 14.8. The lowest BCUT2D eigenvalue weighted by Gasteiger charge is -2.30. The molecule has 1 atom stereocenters. The number of halogens is 1. The number of piperidine rings is 1. The molecule has 2 aromatic carbocycles. The Labute approximate surface area is 153 Å². The molecule has 1 N–H and O–H groups in total. The highest BCUT2D eigenvalue weighted by molar-refractivity contribution is 5.80. The summed E-state index contributed by atoms with van der Waals surface area (Å²) in [7, 11) is 0. The normalized spacial score (nSPS) is 18.7. The molecular weight excluding hydrogens is 329 g/mol. The van der Waals surface area contributed by atoms with Crippen LogP contribution in [0.5, 0.6) is 0 Å². The van der Waals surface area contributed by atoms with E-state index >= 15 is 0 Å². The first-order valence-corrected chi connectivity index (χ1v) is 9.11. The summed E-state index contributed by atoms with van der Waals surface area (Å²) in [6, 6.07) is 16.6. The van der Waals surface area contributed by atoms with Gasteiger partial charge >= 0.3 is 5.97 Å². The van der Waals surface area contributed by atoms with E-state index in [-0.39, 0.29) is 11.7 Å². The first kappa shape index (κ1) is 18.3. The van der Waals surface area contributed by atoms with Gasteiger partial charge in [-0.05, 0) is 43.0 Å². The van der Waals surface area contributed by atoms with Gasteiger partial charge in [0, 0.05) is 18.7 Å². The van der Waals surface area contributed by atoms with E-state index in [1.165, 1.54) is 6.07 Å². The molecule has 1 saturated heterocycles. The lowest BCUT2D eigenvalue weighted by Crippen LogP contribution is -2.39. The fourth-order valence-corrected chi connectivity index (χ4v) is 3.53. The third kappa shape index (κ3) is 4.58. The molecule has 136 valence electrons. The lowest BCUT2D eigenvalue weighted by atomic mass is 9.95. The minimum Gasteiger partial charge on any atom is -0.481 e. The molecule has 1 fully saturated rings. The van der Waals surface area contributed by atoms with Crippen molar-refractivity contribution in [2.45, 2.75) is 19.3 Å². The fourth-order valence-electron chi connectivity index (χ4n) is 3.53. The molecule has 0 bridgehead atoms. The predicted octanol–water partition coefficient (Wildman–Crippen LogP) is 4.44. The Bertz CT molecular complexity index is 773. The molecule has 0 saturated carbocycles. The van der Waals surface area contributed by atoms with Crippen molar-refractivity contribution >= 4 is 11.5 Å². The molecular formula is C22H24FNO2. The first-order chi connectivity index (χ1) is 12.6. The zero-order chi connectivity index (χ0) is 18.4. The fraction of sp³-hybridized carbons (Fsp3) is 0.318. The largest absolute Gasteiger partial charge is 0.481 e. The molecule has 3 nitrogen and oxygen atoms in total. The second-order valence-electron chi connectivity index (χ2n) is 6.73. The lowest BCUT2D eigenvalue weighted by molar-refractivity contribution is -0.143. The van der Waals surface area contributed by atoms with Gasteiger partial charge in [0.1, 0.15) is 5.82 Å². The molecule has 0 unspecified atom stereocenters. The summed E-state index contributed by atoms with van der Waals surface area (Å²) in [6.45, 7) is 2.32. The Hall–Kier alpha value is -2.46. The molecule has 4 heteroatoms. The summed E-state index contributed by atoms with van der Waals surface area (Å²) in [5.41, 5.74) is 2.47.